The SMILES string of the molecule is Cc1cc(C)cc(C(O)C2CCS(=O)(=O)C2)c1. The minimum absolute atomic E-state index is 0.112. The van der Waals surface area contributed by atoms with Crippen LogP contribution >= 0.6 is 0 Å². The molecule has 1 aromatic rings. The molecule has 3 nitrogen and oxygen atoms in total. The monoisotopic (exact) mass is 254 g/mol. The van der Waals surface area contributed by atoms with Gasteiger partial charge in [-0.15, -0.1) is 0 Å². The third-order valence-corrected chi connectivity index (χ3v) is 5.09. The maximum atomic E-state index is 11.4. The molecule has 94 valence electrons. The molecule has 1 aliphatic heterocycles. The lowest BCUT2D eigenvalue weighted by Gasteiger charge is -2.18. The second kappa shape index (κ2) is 4.42. The molecule has 1 N–H and O–H groups in total. The molecule has 0 aromatic heterocycles. The first kappa shape index (κ1) is 12.6. The molecule has 0 bridgehead atoms. The molecule has 2 unspecified atom stereocenters. The van der Waals surface area contributed by atoms with E-state index in [2.05, 4.69) is 0 Å². The normalized spacial score (nSPS) is 24.8. The van der Waals surface area contributed by atoms with Crippen LogP contribution in [0.25, 0.3) is 0 Å². The molecular formula is C13H18O3S. The van der Waals surface area contributed by atoms with Crippen LogP contribution in [0.15, 0.2) is 18.2 Å². The fourth-order valence-electron chi connectivity index (χ4n) is 2.53. The number of sulfone groups is 1. The molecule has 2 atom stereocenters. The Morgan fingerprint density at radius 3 is 2.29 bits per heavy atom. The zero-order valence-corrected chi connectivity index (χ0v) is 11.0. The van der Waals surface area contributed by atoms with Crippen molar-refractivity contribution in [3.05, 3.63) is 34.9 Å². The Labute approximate surface area is 102 Å². The maximum absolute atomic E-state index is 11.4. The van der Waals surface area contributed by atoms with Gasteiger partial charge in [0.05, 0.1) is 17.6 Å². The van der Waals surface area contributed by atoms with Crippen molar-refractivity contribution in [3.8, 4) is 0 Å². The van der Waals surface area contributed by atoms with Crippen LogP contribution in [0.2, 0.25) is 0 Å². The highest BCUT2D eigenvalue weighted by molar-refractivity contribution is 7.91. The lowest BCUT2D eigenvalue weighted by Crippen LogP contribution is -2.14. The number of hydrogen-bond acceptors (Lipinski definition) is 3. The second-order valence-electron chi connectivity index (χ2n) is 5.03. The zero-order chi connectivity index (χ0) is 12.6. The molecule has 0 saturated carbocycles. The topological polar surface area (TPSA) is 54.4 Å². The van der Waals surface area contributed by atoms with E-state index in [1.165, 1.54) is 0 Å². The van der Waals surface area contributed by atoms with E-state index >= 15 is 0 Å². The van der Waals surface area contributed by atoms with E-state index in [0.29, 0.717) is 6.42 Å². The largest absolute Gasteiger partial charge is 0.388 e. The molecule has 0 aliphatic carbocycles. The van der Waals surface area contributed by atoms with Gasteiger partial charge in [0.1, 0.15) is 0 Å². The Hall–Kier alpha value is -0.870. The summed E-state index contributed by atoms with van der Waals surface area (Å²) in [5.41, 5.74) is 3.03. The van der Waals surface area contributed by atoms with Crippen molar-refractivity contribution in [2.45, 2.75) is 26.4 Å². The molecule has 1 aliphatic rings. The van der Waals surface area contributed by atoms with E-state index in [1.54, 1.807) is 0 Å². The highest BCUT2D eigenvalue weighted by atomic mass is 32.2. The first-order valence-corrected chi connectivity index (χ1v) is 7.66. The van der Waals surface area contributed by atoms with E-state index in [-0.39, 0.29) is 17.4 Å². The van der Waals surface area contributed by atoms with Gasteiger partial charge in [0.15, 0.2) is 9.84 Å². The molecule has 17 heavy (non-hydrogen) atoms. The first-order chi connectivity index (χ1) is 7.87. The molecule has 0 amide bonds. The van der Waals surface area contributed by atoms with Crippen molar-refractivity contribution in [1.29, 1.82) is 0 Å². The standard InChI is InChI=1S/C13H18O3S/c1-9-5-10(2)7-12(6-9)13(14)11-3-4-17(15,16)8-11/h5-7,11,13-14H,3-4,8H2,1-2H3. The molecule has 1 heterocycles. The van der Waals surface area contributed by atoms with Gasteiger partial charge in [-0.1, -0.05) is 29.3 Å². The third-order valence-electron chi connectivity index (χ3n) is 3.30. The van der Waals surface area contributed by atoms with E-state index in [1.807, 2.05) is 32.0 Å². The summed E-state index contributed by atoms with van der Waals surface area (Å²) >= 11 is 0. The van der Waals surface area contributed by atoms with Crippen LogP contribution in [0.3, 0.4) is 0 Å². The molecule has 0 spiro atoms. The summed E-state index contributed by atoms with van der Waals surface area (Å²) in [4.78, 5) is 0. The van der Waals surface area contributed by atoms with Crippen LogP contribution in [0, 0.1) is 19.8 Å². The van der Waals surface area contributed by atoms with Crippen LogP contribution in [0.4, 0.5) is 0 Å². The molecular weight excluding hydrogens is 236 g/mol. The Kier molecular flexibility index (Phi) is 3.27. The van der Waals surface area contributed by atoms with Crippen LogP contribution in [0.1, 0.15) is 29.2 Å². The molecule has 2 rings (SSSR count). The molecule has 1 fully saturated rings. The molecule has 1 aromatic carbocycles. The average Bonchev–Trinajstić information content (AvgIpc) is 2.56. The second-order valence-corrected chi connectivity index (χ2v) is 7.26. The Morgan fingerprint density at radius 2 is 1.82 bits per heavy atom. The van der Waals surface area contributed by atoms with Crippen molar-refractivity contribution in [2.75, 3.05) is 11.5 Å². The molecule has 1 saturated heterocycles. The lowest BCUT2D eigenvalue weighted by atomic mass is 9.93. The lowest BCUT2D eigenvalue weighted by molar-refractivity contribution is 0.121. The number of benzene rings is 1. The van der Waals surface area contributed by atoms with Crippen LogP contribution in [-0.2, 0) is 9.84 Å². The summed E-state index contributed by atoms with van der Waals surface area (Å²) in [6, 6.07) is 5.91. The fraction of sp³-hybridized carbons (Fsp3) is 0.538. The smallest absolute Gasteiger partial charge is 0.150 e. The summed E-state index contributed by atoms with van der Waals surface area (Å²) in [7, 11) is -2.93. The van der Waals surface area contributed by atoms with E-state index in [4.69, 9.17) is 0 Å². The van der Waals surface area contributed by atoms with Gasteiger partial charge in [0, 0.05) is 5.92 Å². The van der Waals surface area contributed by atoms with Gasteiger partial charge >= 0.3 is 0 Å². The van der Waals surface area contributed by atoms with Gasteiger partial charge in [-0.05, 0) is 25.8 Å². The molecule has 0 radical (unpaired) electrons. The number of rotatable bonds is 2. The van der Waals surface area contributed by atoms with Crippen molar-refractivity contribution in [3.63, 3.8) is 0 Å². The van der Waals surface area contributed by atoms with E-state index in [9.17, 15) is 13.5 Å². The summed E-state index contributed by atoms with van der Waals surface area (Å²) in [6.07, 6.45) is -0.0953. The summed E-state index contributed by atoms with van der Waals surface area (Å²) < 4.78 is 22.8. The van der Waals surface area contributed by atoms with Crippen LogP contribution in [-0.4, -0.2) is 25.0 Å². The molecule has 4 heteroatoms. The predicted molar refractivity (Wildman–Crippen MR) is 67.6 cm³/mol. The Bertz CT molecular complexity index is 499. The predicted octanol–water partition coefficient (Wildman–Crippen LogP) is 1.77. The number of aliphatic hydroxyl groups is 1. The average molecular weight is 254 g/mol. The van der Waals surface area contributed by atoms with Crippen LogP contribution < -0.4 is 0 Å². The van der Waals surface area contributed by atoms with Gasteiger partial charge in [0.25, 0.3) is 0 Å². The number of hydrogen-bond donors (Lipinski definition) is 1. The van der Waals surface area contributed by atoms with Crippen molar-refractivity contribution >= 4 is 9.84 Å². The van der Waals surface area contributed by atoms with Gasteiger partial charge < -0.3 is 5.11 Å². The summed E-state index contributed by atoms with van der Waals surface area (Å²) in [5, 5.41) is 10.2. The van der Waals surface area contributed by atoms with Gasteiger partial charge in [-0.25, -0.2) is 8.42 Å². The Morgan fingerprint density at radius 1 is 1.24 bits per heavy atom. The van der Waals surface area contributed by atoms with Crippen molar-refractivity contribution in [2.24, 2.45) is 5.92 Å². The minimum Gasteiger partial charge on any atom is -0.388 e. The van der Waals surface area contributed by atoms with E-state index in [0.717, 1.165) is 16.7 Å². The summed E-state index contributed by atoms with van der Waals surface area (Å²) in [5.74, 6) is 0.168. The number of aryl methyl sites for hydroxylation is 2. The minimum atomic E-state index is -2.93. The first-order valence-electron chi connectivity index (χ1n) is 5.84. The van der Waals surface area contributed by atoms with Crippen molar-refractivity contribution < 1.29 is 13.5 Å². The Balaban J connectivity index is 2.23. The van der Waals surface area contributed by atoms with Crippen molar-refractivity contribution in [1.82, 2.24) is 0 Å². The highest BCUT2D eigenvalue weighted by Gasteiger charge is 2.33. The quantitative estimate of drug-likeness (QED) is 0.875. The maximum Gasteiger partial charge on any atom is 0.150 e. The van der Waals surface area contributed by atoms with Gasteiger partial charge in [0.2, 0.25) is 0 Å². The third kappa shape index (κ3) is 2.87. The summed E-state index contributed by atoms with van der Waals surface area (Å²) in [6.45, 7) is 3.96. The highest BCUT2D eigenvalue weighted by Crippen LogP contribution is 2.32. The van der Waals surface area contributed by atoms with E-state index < -0.39 is 15.9 Å². The van der Waals surface area contributed by atoms with Gasteiger partial charge in [-0.2, -0.15) is 0 Å². The fourth-order valence-corrected chi connectivity index (χ4v) is 4.36. The van der Waals surface area contributed by atoms with Gasteiger partial charge in [-0.3, -0.25) is 0 Å². The zero-order valence-electron chi connectivity index (χ0n) is 10.2. The van der Waals surface area contributed by atoms with Crippen LogP contribution in [0.5, 0.6) is 0 Å². The number of aliphatic hydroxyl groups excluding tert-OH is 1.